The van der Waals surface area contributed by atoms with E-state index in [1.165, 1.54) is 40.4 Å². The van der Waals surface area contributed by atoms with Crippen LogP contribution >= 0.6 is 0 Å². The van der Waals surface area contributed by atoms with E-state index in [2.05, 4.69) is 10.1 Å². The first-order valence-electron chi connectivity index (χ1n) is 9.58. The molecule has 0 spiro atoms. The van der Waals surface area contributed by atoms with Crippen LogP contribution in [0.3, 0.4) is 0 Å². The molecule has 0 bridgehead atoms. The topological polar surface area (TPSA) is 97.7 Å². The maximum absolute atomic E-state index is 13.2. The average Bonchev–Trinajstić information content (AvgIpc) is 3.38. The molecular formula is C22H21N3O5S. The molecule has 3 aromatic rings. The molecule has 1 amide bonds. The number of benzene rings is 2. The minimum absolute atomic E-state index is 0.0536. The molecule has 1 aliphatic rings. The number of para-hydroxylation sites is 1. The third-order valence-corrected chi connectivity index (χ3v) is 6.99. The molecular weight excluding hydrogens is 418 g/mol. The first-order valence-corrected chi connectivity index (χ1v) is 11.0. The number of methoxy groups -OCH3 is 1. The zero-order valence-electron chi connectivity index (χ0n) is 17.0. The zero-order valence-corrected chi connectivity index (χ0v) is 17.8. The molecule has 8 nitrogen and oxygen atoms in total. The van der Waals surface area contributed by atoms with Gasteiger partial charge < -0.3 is 14.6 Å². The van der Waals surface area contributed by atoms with Crippen LogP contribution in [0.15, 0.2) is 65.7 Å². The molecule has 1 N–H and O–H groups in total. The summed E-state index contributed by atoms with van der Waals surface area (Å²) in [6, 6.07) is 15.0. The molecule has 0 saturated heterocycles. The molecule has 0 radical (unpaired) electrons. The Morgan fingerprint density at radius 1 is 1.06 bits per heavy atom. The number of sulfonamides is 1. The van der Waals surface area contributed by atoms with Crippen LogP contribution in [0.1, 0.15) is 26.4 Å². The van der Waals surface area contributed by atoms with Gasteiger partial charge >= 0.3 is 5.97 Å². The summed E-state index contributed by atoms with van der Waals surface area (Å²) < 4.78 is 33.9. The molecule has 0 aliphatic carbocycles. The molecule has 0 unspecified atom stereocenters. The van der Waals surface area contributed by atoms with Gasteiger partial charge in [0.05, 0.1) is 18.4 Å². The monoisotopic (exact) mass is 439 g/mol. The molecule has 0 fully saturated rings. The van der Waals surface area contributed by atoms with Crippen molar-refractivity contribution in [1.82, 2.24) is 4.57 Å². The number of amides is 1. The Kier molecular flexibility index (Phi) is 5.28. The third kappa shape index (κ3) is 3.79. The number of ether oxygens (including phenoxy) is 1. The highest BCUT2D eigenvalue weighted by Crippen LogP contribution is 2.33. The number of rotatable bonds is 5. The van der Waals surface area contributed by atoms with Crippen LogP contribution in [0.4, 0.5) is 11.4 Å². The van der Waals surface area contributed by atoms with Crippen molar-refractivity contribution >= 4 is 33.3 Å². The van der Waals surface area contributed by atoms with E-state index in [9.17, 15) is 18.0 Å². The van der Waals surface area contributed by atoms with Crippen molar-refractivity contribution in [2.24, 2.45) is 7.05 Å². The van der Waals surface area contributed by atoms with E-state index >= 15 is 0 Å². The molecule has 0 atom stereocenters. The highest BCUT2D eigenvalue weighted by molar-refractivity contribution is 7.92. The lowest BCUT2D eigenvalue weighted by Gasteiger charge is -2.18. The summed E-state index contributed by atoms with van der Waals surface area (Å²) in [7, 11) is -0.888. The van der Waals surface area contributed by atoms with Gasteiger partial charge in [0.1, 0.15) is 10.6 Å². The van der Waals surface area contributed by atoms with Crippen LogP contribution in [-0.4, -0.2) is 38.5 Å². The van der Waals surface area contributed by atoms with Gasteiger partial charge in [0.25, 0.3) is 15.9 Å². The lowest BCUT2D eigenvalue weighted by Crippen LogP contribution is -2.28. The predicted molar refractivity (Wildman–Crippen MR) is 116 cm³/mol. The predicted octanol–water partition coefficient (Wildman–Crippen LogP) is 2.82. The van der Waals surface area contributed by atoms with E-state index in [4.69, 9.17) is 0 Å². The summed E-state index contributed by atoms with van der Waals surface area (Å²) in [5, 5.41) is 2.71. The van der Waals surface area contributed by atoms with E-state index in [0.717, 1.165) is 5.56 Å². The number of fused-ring (bicyclic) bond motifs is 1. The van der Waals surface area contributed by atoms with Crippen molar-refractivity contribution < 1.29 is 22.7 Å². The zero-order chi connectivity index (χ0) is 22.2. The number of esters is 1. The van der Waals surface area contributed by atoms with Gasteiger partial charge in [-0.3, -0.25) is 9.10 Å². The second-order valence-electron chi connectivity index (χ2n) is 7.15. The normalized spacial score (nSPS) is 13.0. The van der Waals surface area contributed by atoms with Gasteiger partial charge in [-0.25, -0.2) is 13.2 Å². The smallest absolute Gasteiger partial charge is 0.337 e. The van der Waals surface area contributed by atoms with Crippen LogP contribution in [0, 0.1) is 0 Å². The maximum atomic E-state index is 13.2. The minimum Gasteiger partial charge on any atom is -0.465 e. The van der Waals surface area contributed by atoms with Gasteiger partial charge in [-0.05, 0) is 48.4 Å². The standard InChI is InChI=1S/C22H21N3O5S/c1-24-14-18(31(28,29)25-12-11-15-5-3-4-6-19(15)25)13-20(24)21(26)23-17-9-7-16(8-10-17)22(27)30-2/h3-10,13-14H,11-12H2,1-2H3,(H,23,26). The van der Waals surface area contributed by atoms with E-state index in [1.807, 2.05) is 18.2 Å². The van der Waals surface area contributed by atoms with Gasteiger partial charge in [0.15, 0.2) is 0 Å². The summed E-state index contributed by atoms with van der Waals surface area (Å²) in [5.74, 6) is -0.935. The molecule has 4 rings (SSSR count). The number of hydrogen-bond donors (Lipinski definition) is 1. The second kappa shape index (κ2) is 7.92. The van der Waals surface area contributed by atoms with Crippen LogP contribution < -0.4 is 9.62 Å². The molecule has 1 aliphatic heterocycles. The number of aromatic nitrogens is 1. The number of hydrogen-bond acceptors (Lipinski definition) is 5. The number of aryl methyl sites for hydroxylation is 1. The highest BCUT2D eigenvalue weighted by atomic mass is 32.2. The molecule has 31 heavy (non-hydrogen) atoms. The Morgan fingerprint density at radius 2 is 1.77 bits per heavy atom. The van der Waals surface area contributed by atoms with Crippen LogP contribution in [0.25, 0.3) is 0 Å². The Balaban J connectivity index is 1.56. The summed E-state index contributed by atoms with van der Waals surface area (Å²) in [6.45, 7) is 0.366. The molecule has 2 aromatic carbocycles. The Hall–Kier alpha value is -3.59. The van der Waals surface area contributed by atoms with Gasteiger partial charge in [-0.1, -0.05) is 18.2 Å². The fourth-order valence-corrected chi connectivity index (χ4v) is 5.16. The number of nitrogens with one attached hydrogen (secondary N) is 1. The van der Waals surface area contributed by atoms with Crippen LogP contribution in [-0.2, 0) is 28.2 Å². The van der Waals surface area contributed by atoms with Gasteiger partial charge in [0.2, 0.25) is 0 Å². The van der Waals surface area contributed by atoms with Crippen LogP contribution in [0.5, 0.6) is 0 Å². The van der Waals surface area contributed by atoms with E-state index in [0.29, 0.717) is 29.9 Å². The lowest BCUT2D eigenvalue weighted by atomic mass is 10.2. The third-order valence-electron chi connectivity index (χ3n) is 5.21. The second-order valence-corrected chi connectivity index (χ2v) is 9.01. The number of anilines is 2. The highest BCUT2D eigenvalue weighted by Gasteiger charge is 2.32. The fourth-order valence-electron chi connectivity index (χ4n) is 3.59. The van der Waals surface area contributed by atoms with Crippen LogP contribution in [0.2, 0.25) is 0 Å². The molecule has 0 saturated carbocycles. The van der Waals surface area contributed by atoms with Crippen molar-refractivity contribution in [1.29, 1.82) is 0 Å². The van der Waals surface area contributed by atoms with Crippen molar-refractivity contribution in [2.45, 2.75) is 11.3 Å². The van der Waals surface area contributed by atoms with E-state index in [-0.39, 0.29) is 10.6 Å². The van der Waals surface area contributed by atoms with E-state index < -0.39 is 21.9 Å². The Labute approximate surface area is 180 Å². The van der Waals surface area contributed by atoms with Crippen molar-refractivity contribution in [3.05, 3.63) is 77.6 Å². The number of carbonyl (C=O) groups is 2. The Morgan fingerprint density at radius 3 is 2.48 bits per heavy atom. The summed E-state index contributed by atoms with van der Waals surface area (Å²) in [6.07, 6.45) is 2.09. The number of nitrogens with zero attached hydrogens (tertiary/aromatic N) is 2. The summed E-state index contributed by atoms with van der Waals surface area (Å²) in [5.41, 5.74) is 2.68. The average molecular weight is 439 g/mol. The van der Waals surface area contributed by atoms with E-state index in [1.54, 1.807) is 25.2 Å². The molecule has 160 valence electrons. The van der Waals surface area contributed by atoms with Crippen molar-refractivity contribution in [3.8, 4) is 0 Å². The Bertz CT molecular complexity index is 1260. The first kappa shape index (κ1) is 20.7. The molecule has 1 aromatic heterocycles. The maximum Gasteiger partial charge on any atom is 0.337 e. The quantitative estimate of drug-likeness (QED) is 0.617. The molecule has 9 heteroatoms. The largest absolute Gasteiger partial charge is 0.465 e. The summed E-state index contributed by atoms with van der Waals surface area (Å²) >= 11 is 0. The first-order chi connectivity index (χ1) is 14.8. The van der Waals surface area contributed by atoms with Crippen molar-refractivity contribution in [3.63, 3.8) is 0 Å². The SMILES string of the molecule is COC(=O)c1ccc(NC(=O)c2cc(S(=O)(=O)N3CCc4ccccc43)cn2C)cc1. The molecule has 2 heterocycles. The number of carbonyl (C=O) groups excluding carboxylic acids is 2. The summed E-state index contributed by atoms with van der Waals surface area (Å²) in [4.78, 5) is 24.3. The minimum atomic E-state index is -3.80. The lowest BCUT2D eigenvalue weighted by molar-refractivity contribution is 0.0600. The van der Waals surface area contributed by atoms with Gasteiger partial charge in [0, 0.05) is 25.5 Å². The fraction of sp³-hybridized carbons (Fsp3) is 0.182. The van der Waals surface area contributed by atoms with Crippen molar-refractivity contribution in [2.75, 3.05) is 23.3 Å². The van der Waals surface area contributed by atoms with Gasteiger partial charge in [-0.15, -0.1) is 0 Å². The van der Waals surface area contributed by atoms with Gasteiger partial charge in [-0.2, -0.15) is 0 Å².